The molecular weight excluding hydrogens is 432 g/mol. The van der Waals surface area contributed by atoms with Gasteiger partial charge in [0.25, 0.3) is 0 Å². The molecule has 0 aliphatic heterocycles. The van der Waals surface area contributed by atoms with Crippen molar-refractivity contribution < 1.29 is 19.4 Å². The van der Waals surface area contributed by atoms with Gasteiger partial charge < -0.3 is 14.6 Å². The van der Waals surface area contributed by atoms with E-state index in [0.29, 0.717) is 19.0 Å². The van der Waals surface area contributed by atoms with Crippen LogP contribution in [0.2, 0.25) is 0 Å². The van der Waals surface area contributed by atoms with E-state index in [1.54, 1.807) is 24.2 Å². The van der Waals surface area contributed by atoms with Crippen LogP contribution >= 0.6 is 0 Å². The van der Waals surface area contributed by atoms with E-state index < -0.39 is 12.0 Å². The predicted octanol–water partition coefficient (Wildman–Crippen LogP) is 3.82. The van der Waals surface area contributed by atoms with Crippen molar-refractivity contribution >= 4 is 5.97 Å². The minimum absolute atomic E-state index is 0.0939. The molecule has 8 nitrogen and oxygen atoms in total. The zero-order valence-corrected chi connectivity index (χ0v) is 19.7. The number of carboxylic acids is 1. The molecule has 1 unspecified atom stereocenters. The van der Waals surface area contributed by atoms with E-state index in [9.17, 15) is 9.90 Å². The van der Waals surface area contributed by atoms with Crippen LogP contribution in [0.5, 0.6) is 5.75 Å². The fourth-order valence-corrected chi connectivity index (χ4v) is 4.37. The number of carbonyl (C=O) groups is 1. The number of aromatic nitrogens is 4. The second kappa shape index (κ2) is 11.7. The van der Waals surface area contributed by atoms with Crippen LogP contribution < -0.4 is 4.74 Å². The summed E-state index contributed by atoms with van der Waals surface area (Å²) in [6.45, 7) is 0.864. The number of hydrogen-bond acceptors (Lipinski definition) is 6. The highest BCUT2D eigenvalue weighted by Gasteiger charge is 2.20. The van der Waals surface area contributed by atoms with Crippen molar-refractivity contribution in [2.45, 2.75) is 57.4 Å². The number of aliphatic carboxylic acids is 1. The molecule has 8 heteroatoms. The first-order valence-electron chi connectivity index (χ1n) is 11.9. The molecule has 0 spiro atoms. The summed E-state index contributed by atoms with van der Waals surface area (Å²) in [4.78, 5) is 20.7. The maximum Gasteiger partial charge on any atom is 0.305 e. The second-order valence-corrected chi connectivity index (χ2v) is 8.67. The van der Waals surface area contributed by atoms with Gasteiger partial charge in [0.2, 0.25) is 0 Å². The summed E-state index contributed by atoms with van der Waals surface area (Å²) in [5.41, 5.74) is 5.49. The van der Waals surface area contributed by atoms with Gasteiger partial charge >= 0.3 is 5.97 Å². The Morgan fingerprint density at radius 3 is 2.82 bits per heavy atom. The topological polar surface area (TPSA) is 99.4 Å². The molecule has 1 N–H and O–H groups in total. The zero-order chi connectivity index (χ0) is 23.8. The van der Waals surface area contributed by atoms with Gasteiger partial charge in [0.1, 0.15) is 12.4 Å². The van der Waals surface area contributed by atoms with Crippen molar-refractivity contribution in [1.82, 2.24) is 19.7 Å². The maximum atomic E-state index is 11.6. The lowest BCUT2D eigenvalue weighted by molar-refractivity contribution is -0.137. The quantitative estimate of drug-likeness (QED) is 0.407. The molecule has 0 fully saturated rings. The standard InChI is InChI=1S/C26H32N4O4/c1-33-13-14-34-23-15-20(17-27-18-23)25(16-26(31)32)30-12-11-22(29-30)7-4-6-21-10-9-19-5-2-3-8-24(19)28-21/h9-12,15,17-18,25H,2-8,13-14,16H2,1H3,(H,31,32). The first kappa shape index (κ1) is 23.9. The van der Waals surface area contributed by atoms with Gasteiger partial charge in [-0.3, -0.25) is 19.4 Å². The molecule has 1 aliphatic rings. The molecule has 0 radical (unpaired) electrons. The molecule has 0 saturated heterocycles. The Bertz CT molecular complexity index is 1100. The number of hydrogen-bond donors (Lipinski definition) is 1. The Labute approximate surface area is 200 Å². The predicted molar refractivity (Wildman–Crippen MR) is 127 cm³/mol. The van der Waals surface area contributed by atoms with Gasteiger partial charge in [-0.05, 0) is 74.3 Å². The zero-order valence-electron chi connectivity index (χ0n) is 19.7. The highest BCUT2D eigenvalue weighted by Crippen LogP contribution is 2.25. The van der Waals surface area contributed by atoms with Crippen molar-refractivity contribution in [3.05, 3.63) is 71.1 Å². The molecule has 0 saturated carbocycles. The summed E-state index contributed by atoms with van der Waals surface area (Å²) in [5.74, 6) is -0.318. The number of carboxylic acid groups (broad SMARTS) is 1. The van der Waals surface area contributed by atoms with Gasteiger partial charge in [0.05, 0.1) is 31.0 Å². The molecule has 3 heterocycles. The minimum Gasteiger partial charge on any atom is -0.490 e. The smallest absolute Gasteiger partial charge is 0.305 e. The Kier molecular flexibility index (Phi) is 8.25. The average Bonchev–Trinajstić information content (AvgIpc) is 3.31. The van der Waals surface area contributed by atoms with Crippen molar-refractivity contribution in [3.63, 3.8) is 0 Å². The molecule has 1 aliphatic carbocycles. The molecule has 0 bridgehead atoms. The fraction of sp³-hybridized carbons (Fsp3) is 0.462. The monoisotopic (exact) mass is 464 g/mol. The summed E-state index contributed by atoms with van der Waals surface area (Å²) in [6.07, 6.45) is 12.4. The van der Waals surface area contributed by atoms with Crippen LogP contribution in [0, 0.1) is 0 Å². The van der Waals surface area contributed by atoms with Gasteiger partial charge in [0.15, 0.2) is 0 Å². The number of rotatable bonds is 12. The highest BCUT2D eigenvalue weighted by atomic mass is 16.5. The van der Waals surface area contributed by atoms with Crippen molar-refractivity contribution in [2.75, 3.05) is 20.3 Å². The number of ether oxygens (including phenoxy) is 2. The summed E-state index contributed by atoms with van der Waals surface area (Å²) in [7, 11) is 1.61. The van der Waals surface area contributed by atoms with Gasteiger partial charge in [-0.1, -0.05) is 6.07 Å². The number of fused-ring (bicyclic) bond motifs is 1. The molecule has 1 atom stereocenters. The first-order valence-corrected chi connectivity index (χ1v) is 11.9. The molecule has 3 aromatic heterocycles. The maximum absolute atomic E-state index is 11.6. The van der Waals surface area contributed by atoms with Crippen molar-refractivity contribution in [2.24, 2.45) is 0 Å². The lowest BCUT2D eigenvalue weighted by Crippen LogP contribution is -2.16. The Morgan fingerprint density at radius 2 is 1.97 bits per heavy atom. The van der Waals surface area contributed by atoms with Crippen LogP contribution in [0.1, 0.15) is 59.9 Å². The third-order valence-electron chi connectivity index (χ3n) is 6.13. The van der Waals surface area contributed by atoms with Crippen LogP contribution in [0.3, 0.4) is 0 Å². The average molecular weight is 465 g/mol. The normalized spacial score (nSPS) is 13.9. The molecule has 0 amide bonds. The number of pyridine rings is 2. The van der Waals surface area contributed by atoms with Crippen molar-refractivity contribution in [1.29, 1.82) is 0 Å². The number of methoxy groups -OCH3 is 1. The van der Waals surface area contributed by atoms with E-state index in [1.165, 1.54) is 24.1 Å². The fourth-order valence-electron chi connectivity index (χ4n) is 4.37. The third kappa shape index (κ3) is 6.41. The van der Waals surface area contributed by atoms with E-state index in [4.69, 9.17) is 19.6 Å². The van der Waals surface area contributed by atoms with E-state index in [1.807, 2.05) is 18.3 Å². The molecule has 180 valence electrons. The third-order valence-corrected chi connectivity index (χ3v) is 6.13. The van der Waals surface area contributed by atoms with Gasteiger partial charge in [-0.15, -0.1) is 0 Å². The molecule has 4 rings (SSSR count). The van der Waals surface area contributed by atoms with Crippen LogP contribution in [0.4, 0.5) is 0 Å². The summed E-state index contributed by atoms with van der Waals surface area (Å²) >= 11 is 0. The summed E-state index contributed by atoms with van der Waals surface area (Å²) < 4.78 is 12.4. The summed E-state index contributed by atoms with van der Waals surface area (Å²) in [6, 6.07) is 7.71. The lowest BCUT2D eigenvalue weighted by atomic mass is 9.95. The molecule has 0 aromatic carbocycles. The van der Waals surface area contributed by atoms with Gasteiger partial charge in [-0.2, -0.15) is 5.10 Å². The van der Waals surface area contributed by atoms with Crippen LogP contribution in [-0.2, 0) is 35.2 Å². The Morgan fingerprint density at radius 1 is 1.12 bits per heavy atom. The van der Waals surface area contributed by atoms with Crippen molar-refractivity contribution in [3.8, 4) is 5.75 Å². The molecule has 3 aromatic rings. The van der Waals surface area contributed by atoms with Gasteiger partial charge in [-0.25, -0.2) is 0 Å². The largest absolute Gasteiger partial charge is 0.490 e. The van der Waals surface area contributed by atoms with E-state index >= 15 is 0 Å². The summed E-state index contributed by atoms with van der Waals surface area (Å²) in [5, 5.41) is 14.2. The van der Waals surface area contributed by atoms with Gasteiger partial charge in [0, 0.05) is 30.9 Å². The molecule has 34 heavy (non-hydrogen) atoms. The number of aryl methyl sites for hydroxylation is 4. The van der Waals surface area contributed by atoms with Crippen LogP contribution in [0.15, 0.2) is 42.9 Å². The first-order chi connectivity index (χ1) is 16.6. The number of nitrogens with zero attached hydrogens (tertiary/aromatic N) is 4. The highest BCUT2D eigenvalue weighted by molar-refractivity contribution is 5.68. The van der Waals surface area contributed by atoms with Crippen LogP contribution in [-0.4, -0.2) is 51.1 Å². The van der Waals surface area contributed by atoms with E-state index in [0.717, 1.165) is 49.1 Å². The van der Waals surface area contributed by atoms with E-state index in [2.05, 4.69) is 17.1 Å². The van der Waals surface area contributed by atoms with E-state index in [-0.39, 0.29) is 6.42 Å². The minimum atomic E-state index is -0.897. The Balaban J connectivity index is 1.40. The second-order valence-electron chi connectivity index (χ2n) is 8.67. The lowest BCUT2D eigenvalue weighted by Gasteiger charge is -2.17. The Hall–Kier alpha value is -3.26. The SMILES string of the molecule is COCCOc1cncc(C(CC(=O)O)n2ccc(CCCc3ccc4c(n3)CCCC4)n2)c1. The molecular formula is C26H32N4O4. The van der Waals surface area contributed by atoms with Crippen LogP contribution in [0.25, 0.3) is 0 Å².